The molecule has 0 aromatic rings. The van der Waals surface area contributed by atoms with Gasteiger partial charge in [0, 0.05) is 18.6 Å². The average Bonchev–Trinajstić information content (AvgIpc) is 2.20. The predicted octanol–water partition coefficient (Wildman–Crippen LogP) is 0.0500. The van der Waals surface area contributed by atoms with E-state index in [0.29, 0.717) is 25.3 Å². The van der Waals surface area contributed by atoms with Gasteiger partial charge >= 0.3 is 0 Å². The van der Waals surface area contributed by atoms with Crippen molar-refractivity contribution in [3.8, 4) is 0 Å². The van der Waals surface area contributed by atoms with E-state index in [1.54, 1.807) is 0 Å². The third-order valence-electron chi connectivity index (χ3n) is 2.71. The van der Waals surface area contributed by atoms with Crippen LogP contribution in [0.5, 0.6) is 0 Å². The van der Waals surface area contributed by atoms with Crippen molar-refractivity contribution < 1.29 is 4.39 Å². The Labute approximate surface area is 60.0 Å². The van der Waals surface area contributed by atoms with Gasteiger partial charge in [-0.15, -0.1) is 0 Å². The molecule has 1 radical (unpaired) electrons. The Kier molecular flexibility index (Phi) is 1.26. The largest absolute Gasteiger partial charge is 0.324 e. The van der Waals surface area contributed by atoms with Gasteiger partial charge in [-0.3, -0.25) is 0 Å². The summed E-state index contributed by atoms with van der Waals surface area (Å²) in [7, 11) is 0. The first-order chi connectivity index (χ1) is 4.71. The Morgan fingerprint density at radius 1 is 1.60 bits per heavy atom. The van der Waals surface area contributed by atoms with Gasteiger partial charge in [0.25, 0.3) is 0 Å². The molecule has 0 unspecified atom stereocenters. The lowest BCUT2D eigenvalue weighted by atomic mass is 9.92. The number of halogens is 1. The molecule has 0 spiro atoms. The van der Waals surface area contributed by atoms with Crippen LogP contribution in [0.3, 0.4) is 0 Å². The van der Waals surface area contributed by atoms with Gasteiger partial charge in [0.1, 0.15) is 6.17 Å². The van der Waals surface area contributed by atoms with Crippen molar-refractivity contribution in [2.75, 3.05) is 13.1 Å². The van der Waals surface area contributed by atoms with Crippen LogP contribution in [0.4, 0.5) is 4.39 Å². The Hall–Kier alpha value is -0.150. The third-order valence-corrected chi connectivity index (χ3v) is 2.71. The van der Waals surface area contributed by atoms with Gasteiger partial charge in [0.15, 0.2) is 0 Å². The molecule has 2 nitrogen and oxygen atoms in total. The lowest BCUT2D eigenvalue weighted by Crippen LogP contribution is -2.43. The van der Waals surface area contributed by atoms with Gasteiger partial charge in [-0.25, -0.2) is 9.71 Å². The van der Waals surface area contributed by atoms with Crippen LogP contribution in [0.1, 0.15) is 12.8 Å². The maximum absolute atomic E-state index is 12.8. The first-order valence-electron chi connectivity index (χ1n) is 3.77. The van der Waals surface area contributed by atoms with Crippen LogP contribution < -0.4 is 11.1 Å². The molecule has 1 aliphatic carbocycles. The summed E-state index contributed by atoms with van der Waals surface area (Å²) >= 11 is 0. The van der Waals surface area contributed by atoms with Crippen molar-refractivity contribution in [3.63, 3.8) is 0 Å². The molecule has 0 amide bonds. The first kappa shape index (κ1) is 6.55. The molecule has 2 rings (SSSR count). The zero-order valence-corrected chi connectivity index (χ0v) is 5.89. The molecule has 0 aromatic carbocycles. The molecular formula is C7H12FN2. The van der Waals surface area contributed by atoms with Crippen LogP contribution in [-0.4, -0.2) is 24.8 Å². The second-order valence-electron chi connectivity index (χ2n) is 3.53. The molecule has 10 heavy (non-hydrogen) atoms. The van der Waals surface area contributed by atoms with Gasteiger partial charge < -0.3 is 5.73 Å². The molecule has 2 fully saturated rings. The van der Waals surface area contributed by atoms with Crippen molar-refractivity contribution in [2.45, 2.75) is 24.6 Å². The fraction of sp³-hybridized carbons (Fsp3) is 1.00. The smallest absolute Gasteiger partial charge is 0.102 e. The van der Waals surface area contributed by atoms with Gasteiger partial charge in [-0.1, -0.05) is 0 Å². The summed E-state index contributed by atoms with van der Waals surface area (Å²) in [5.74, 6) is 0.336. The molecular weight excluding hydrogens is 131 g/mol. The molecule has 3 atom stereocenters. The summed E-state index contributed by atoms with van der Waals surface area (Å²) in [6.45, 7) is 1.47. The van der Waals surface area contributed by atoms with Crippen LogP contribution in [0.15, 0.2) is 0 Å². The zero-order valence-electron chi connectivity index (χ0n) is 5.89. The molecule has 1 saturated heterocycles. The van der Waals surface area contributed by atoms with Gasteiger partial charge in [-0.05, 0) is 18.8 Å². The van der Waals surface area contributed by atoms with Crippen LogP contribution in [0, 0.1) is 5.92 Å². The summed E-state index contributed by atoms with van der Waals surface area (Å²) in [6, 6.07) is 0. The molecule has 0 aromatic heterocycles. The number of hydrogen-bond acceptors (Lipinski definition) is 1. The van der Waals surface area contributed by atoms with E-state index in [1.165, 1.54) is 0 Å². The number of alkyl halides is 1. The Balaban J connectivity index is 2.15. The Morgan fingerprint density at radius 2 is 2.40 bits per heavy atom. The van der Waals surface area contributed by atoms with Crippen molar-refractivity contribution in [2.24, 2.45) is 11.7 Å². The second kappa shape index (κ2) is 1.92. The minimum absolute atomic E-state index is 0.264. The minimum atomic E-state index is -0.662. The number of nitrogens with zero attached hydrogens (tertiary/aromatic N) is 1. The Bertz CT molecular complexity index is 151. The average molecular weight is 143 g/mol. The highest BCUT2D eigenvalue weighted by Crippen LogP contribution is 2.38. The maximum Gasteiger partial charge on any atom is 0.102 e. The highest BCUT2D eigenvalue weighted by atomic mass is 19.1. The third kappa shape index (κ3) is 0.772. The maximum atomic E-state index is 12.8. The van der Waals surface area contributed by atoms with Crippen LogP contribution in [0.25, 0.3) is 0 Å². The van der Waals surface area contributed by atoms with Crippen molar-refractivity contribution in [3.05, 3.63) is 0 Å². The van der Waals surface area contributed by atoms with Crippen molar-refractivity contribution in [1.29, 1.82) is 0 Å². The highest BCUT2D eigenvalue weighted by molar-refractivity contribution is 5.06. The van der Waals surface area contributed by atoms with Crippen LogP contribution in [-0.2, 0) is 0 Å². The standard InChI is InChI=1S/C7H12FN2/c8-6-1-5-3-10-4-7(5,9)2-6/h5-6H,1-4,9H2/t5-,6-,7-/m1/s1. The first-order valence-corrected chi connectivity index (χ1v) is 3.77. The topological polar surface area (TPSA) is 40.1 Å². The van der Waals surface area contributed by atoms with Gasteiger partial charge in [0.05, 0.1) is 0 Å². The second-order valence-corrected chi connectivity index (χ2v) is 3.53. The molecule has 2 N–H and O–H groups in total. The Morgan fingerprint density at radius 3 is 3.10 bits per heavy atom. The van der Waals surface area contributed by atoms with E-state index in [9.17, 15) is 4.39 Å². The van der Waals surface area contributed by atoms with Gasteiger partial charge in [0.2, 0.25) is 0 Å². The van der Waals surface area contributed by atoms with E-state index in [0.717, 1.165) is 6.54 Å². The van der Waals surface area contributed by atoms with E-state index in [1.807, 2.05) is 0 Å². The molecule has 3 heteroatoms. The summed E-state index contributed by atoms with van der Waals surface area (Å²) in [5, 5.41) is 4.18. The summed E-state index contributed by atoms with van der Waals surface area (Å²) in [6.07, 6.45) is 0.506. The lowest BCUT2D eigenvalue weighted by Gasteiger charge is -2.20. The number of fused-ring (bicyclic) bond motifs is 1. The SMILES string of the molecule is N[C@]12C[N]C[C@H]1C[C@@H](F)C2. The van der Waals surface area contributed by atoms with Gasteiger partial charge in [-0.2, -0.15) is 0 Å². The summed E-state index contributed by atoms with van der Waals surface area (Å²) < 4.78 is 12.8. The lowest BCUT2D eigenvalue weighted by molar-refractivity contribution is 0.316. The van der Waals surface area contributed by atoms with Crippen molar-refractivity contribution >= 4 is 0 Å². The number of hydrogen-bond donors (Lipinski definition) is 1. The molecule has 0 bridgehead atoms. The zero-order chi connectivity index (χ0) is 7.19. The summed E-state index contributed by atoms with van der Waals surface area (Å²) in [4.78, 5) is 0. The number of rotatable bonds is 0. The molecule has 1 saturated carbocycles. The van der Waals surface area contributed by atoms with E-state index in [2.05, 4.69) is 5.32 Å². The molecule has 1 heterocycles. The normalized spacial score (nSPS) is 53.4. The van der Waals surface area contributed by atoms with Crippen LogP contribution in [0.2, 0.25) is 0 Å². The van der Waals surface area contributed by atoms with E-state index >= 15 is 0 Å². The number of nitrogens with two attached hydrogens (primary N) is 1. The monoisotopic (exact) mass is 143 g/mol. The van der Waals surface area contributed by atoms with E-state index < -0.39 is 6.17 Å². The van der Waals surface area contributed by atoms with E-state index in [-0.39, 0.29) is 5.54 Å². The predicted molar refractivity (Wildman–Crippen MR) is 36.4 cm³/mol. The van der Waals surface area contributed by atoms with E-state index in [4.69, 9.17) is 5.73 Å². The summed E-state index contributed by atoms with van der Waals surface area (Å²) in [5.41, 5.74) is 5.66. The highest BCUT2D eigenvalue weighted by Gasteiger charge is 2.48. The fourth-order valence-corrected chi connectivity index (χ4v) is 2.08. The van der Waals surface area contributed by atoms with Crippen LogP contribution >= 0.6 is 0 Å². The molecule has 1 aliphatic heterocycles. The quantitative estimate of drug-likeness (QED) is 0.511. The molecule has 57 valence electrons. The fourth-order valence-electron chi connectivity index (χ4n) is 2.08. The molecule has 2 aliphatic rings. The van der Waals surface area contributed by atoms with Crippen molar-refractivity contribution in [1.82, 2.24) is 5.32 Å². The minimum Gasteiger partial charge on any atom is -0.324 e.